The van der Waals surface area contributed by atoms with Crippen molar-refractivity contribution in [2.45, 2.75) is 12.8 Å². The molecule has 2 aromatic rings. The van der Waals surface area contributed by atoms with Crippen molar-refractivity contribution in [3.05, 3.63) is 67.7 Å². The average molecular weight is 351 g/mol. The molecule has 23 heavy (non-hydrogen) atoms. The summed E-state index contributed by atoms with van der Waals surface area (Å²) in [6, 6.07) is 9.68. The highest BCUT2D eigenvalue weighted by atomic mass is 35.5. The summed E-state index contributed by atoms with van der Waals surface area (Å²) in [5.41, 5.74) is 2.30. The fourth-order valence-electron chi connectivity index (χ4n) is 2.66. The van der Waals surface area contributed by atoms with Crippen LogP contribution in [0.25, 0.3) is 0 Å². The first-order chi connectivity index (χ1) is 11.0. The van der Waals surface area contributed by atoms with E-state index >= 15 is 0 Å². The lowest BCUT2D eigenvalue weighted by Gasteiger charge is -2.17. The molecule has 1 amide bonds. The van der Waals surface area contributed by atoms with E-state index in [4.69, 9.17) is 23.2 Å². The molecule has 0 bridgehead atoms. The Morgan fingerprint density at radius 2 is 1.96 bits per heavy atom. The van der Waals surface area contributed by atoms with E-state index < -0.39 is 4.92 Å². The predicted octanol–water partition coefficient (Wildman–Crippen LogP) is 4.03. The maximum atomic E-state index is 12.5. The van der Waals surface area contributed by atoms with Gasteiger partial charge in [0.1, 0.15) is 0 Å². The van der Waals surface area contributed by atoms with Gasteiger partial charge in [0.15, 0.2) is 0 Å². The third-order valence-electron chi connectivity index (χ3n) is 3.82. The van der Waals surface area contributed by atoms with E-state index in [0.29, 0.717) is 28.7 Å². The molecule has 0 aromatic heterocycles. The summed E-state index contributed by atoms with van der Waals surface area (Å²) >= 11 is 11.8. The first kappa shape index (κ1) is 15.8. The summed E-state index contributed by atoms with van der Waals surface area (Å²) in [6.45, 7) is 0.524. The molecule has 3 rings (SSSR count). The van der Waals surface area contributed by atoms with E-state index in [-0.39, 0.29) is 18.0 Å². The Balaban J connectivity index is 1.83. The van der Waals surface area contributed by atoms with Crippen LogP contribution in [0.15, 0.2) is 36.4 Å². The van der Waals surface area contributed by atoms with Gasteiger partial charge in [-0.1, -0.05) is 35.3 Å². The number of nitrogens with zero attached hydrogens (tertiary/aromatic N) is 2. The molecule has 0 atom stereocenters. The molecule has 1 heterocycles. The quantitative estimate of drug-likeness (QED) is 0.619. The molecule has 1 aliphatic rings. The zero-order valence-corrected chi connectivity index (χ0v) is 13.5. The van der Waals surface area contributed by atoms with Crippen molar-refractivity contribution in [2.75, 3.05) is 11.4 Å². The Kier molecular flexibility index (Phi) is 4.24. The van der Waals surface area contributed by atoms with Crippen molar-refractivity contribution in [3.8, 4) is 0 Å². The smallest absolute Gasteiger partial charge is 0.271 e. The number of nitro groups is 1. The van der Waals surface area contributed by atoms with Crippen molar-refractivity contribution in [1.29, 1.82) is 0 Å². The molecule has 0 saturated carbocycles. The van der Waals surface area contributed by atoms with Gasteiger partial charge in [-0.25, -0.2) is 0 Å². The zero-order valence-electron chi connectivity index (χ0n) is 12.0. The molecule has 0 aliphatic carbocycles. The highest BCUT2D eigenvalue weighted by Crippen LogP contribution is 2.32. The van der Waals surface area contributed by atoms with E-state index in [9.17, 15) is 14.9 Å². The Morgan fingerprint density at radius 3 is 2.65 bits per heavy atom. The number of carbonyl (C=O) groups excluding carboxylic acids is 1. The van der Waals surface area contributed by atoms with Gasteiger partial charge < -0.3 is 4.90 Å². The number of amides is 1. The molecular weight excluding hydrogens is 339 g/mol. The topological polar surface area (TPSA) is 63.5 Å². The Labute approximate surface area is 142 Å². The van der Waals surface area contributed by atoms with Gasteiger partial charge in [0, 0.05) is 18.7 Å². The van der Waals surface area contributed by atoms with E-state index in [1.807, 2.05) is 0 Å². The second-order valence-electron chi connectivity index (χ2n) is 5.29. The maximum Gasteiger partial charge on any atom is 0.271 e. The zero-order chi connectivity index (χ0) is 16.6. The number of halogens is 2. The van der Waals surface area contributed by atoms with Crippen LogP contribution in [-0.4, -0.2) is 17.4 Å². The van der Waals surface area contributed by atoms with Gasteiger partial charge in [0.05, 0.1) is 27.1 Å². The summed E-state index contributed by atoms with van der Waals surface area (Å²) < 4.78 is 0. The number of nitro benzene ring substituents is 1. The van der Waals surface area contributed by atoms with Crippen molar-refractivity contribution >= 4 is 40.5 Å². The summed E-state index contributed by atoms with van der Waals surface area (Å²) in [6.07, 6.45) is 0.861. The Morgan fingerprint density at radius 1 is 1.17 bits per heavy atom. The van der Waals surface area contributed by atoms with Crippen molar-refractivity contribution in [3.63, 3.8) is 0 Å². The van der Waals surface area contributed by atoms with Crippen molar-refractivity contribution < 1.29 is 9.72 Å². The maximum absolute atomic E-state index is 12.5. The molecule has 0 fully saturated rings. The van der Waals surface area contributed by atoms with Gasteiger partial charge in [0.2, 0.25) is 5.91 Å². The van der Waals surface area contributed by atoms with Crippen LogP contribution in [0.5, 0.6) is 0 Å². The van der Waals surface area contributed by atoms with Crippen LogP contribution < -0.4 is 4.90 Å². The molecule has 0 unspecified atom stereocenters. The molecule has 2 aromatic carbocycles. The number of rotatable bonds is 3. The largest absolute Gasteiger partial charge is 0.311 e. The van der Waals surface area contributed by atoms with Crippen LogP contribution in [0.4, 0.5) is 11.4 Å². The first-order valence-electron chi connectivity index (χ1n) is 6.97. The number of hydrogen-bond acceptors (Lipinski definition) is 3. The van der Waals surface area contributed by atoms with Crippen LogP contribution in [-0.2, 0) is 17.6 Å². The fourth-order valence-corrected chi connectivity index (χ4v) is 2.98. The van der Waals surface area contributed by atoms with Crippen LogP contribution in [0.1, 0.15) is 11.1 Å². The number of hydrogen-bond donors (Lipinski definition) is 0. The molecule has 118 valence electrons. The number of benzene rings is 2. The lowest BCUT2D eigenvalue weighted by Crippen LogP contribution is -2.30. The van der Waals surface area contributed by atoms with Gasteiger partial charge in [-0.2, -0.15) is 0 Å². The monoisotopic (exact) mass is 350 g/mol. The first-order valence-corrected chi connectivity index (χ1v) is 7.73. The number of carbonyl (C=O) groups is 1. The minimum absolute atomic E-state index is 0.0158. The lowest BCUT2D eigenvalue weighted by molar-refractivity contribution is -0.384. The van der Waals surface area contributed by atoms with E-state index in [1.165, 1.54) is 12.1 Å². The predicted molar refractivity (Wildman–Crippen MR) is 89.3 cm³/mol. The number of anilines is 1. The lowest BCUT2D eigenvalue weighted by atomic mass is 10.1. The van der Waals surface area contributed by atoms with Crippen LogP contribution in [0, 0.1) is 10.1 Å². The summed E-state index contributed by atoms with van der Waals surface area (Å²) in [4.78, 5) is 24.6. The van der Waals surface area contributed by atoms with Crippen molar-refractivity contribution in [2.24, 2.45) is 0 Å². The van der Waals surface area contributed by atoms with Crippen LogP contribution in [0.3, 0.4) is 0 Å². The summed E-state index contributed by atoms with van der Waals surface area (Å²) in [5, 5.41) is 11.7. The summed E-state index contributed by atoms with van der Waals surface area (Å²) in [7, 11) is 0. The van der Waals surface area contributed by atoms with Crippen LogP contribution in [0.2, 0.25) is 10.0 Å². The SMILES string of the molecule is O=C(Cc1ccc(Cl)c(Cl)c1)N1CCc2ccc([N+](=O)[O-])cc21. The molecule has 0 saturated heterocycles. The molecule has 0 radical (unpaired) electrons. The van der Waals surface area contributed by atoms with Gasteiger partial charge in [-0.15, -0.1) is 0 Å². The van der Waals surface area contributed by atoms with Crippen LogP contribution >= 0.6 is 23.2 Å². The molecule has 5 nitrogen and oxygen atoms in total. The minimum atomic E-state index is -0.458. The third kappa shape index (κ3) is 3.16. The molecule has 1 aliphatic heterocycles. The van der Waals surface area contributed by atoms with Gasteiger partial charge in [0.25, 0.3) is 5.69 Å². The molecular formula is C16H12Cl2N2O3. The molecule has 0 N–H and O–H groups in total. The normalized spacial score (nSPS) is 13.0. The van der Waals surface area contributed by atoms with E-state index in [1.54, 1.807) is 29.2 Å². The van der Waals surface area contributed by atoms with E-state index in [2.05, 4.69) is 0 Å². The number of fused-ring (bicyclic) bond motifs is 1. The second-order valence-corrected chi connectivity index (χ2v) is 6.11. The highest BCUT2D eigenvalue weighted by Gasteiger charge is 2.26. The van der Waals surface area contributed by atoms with Gasteiger partial charge in [-0.3, -0.25) is 14.9 Å². The Bertz CT molecular complexity index is 808. The molecule has 7 heteroatoms. The van der Waals surface area contributed by atoms with Gasteiger partial charge >= 0.3 is 0 Å². The molecule has 0 spiro atoms. The third-order valence-corrected chi connectivity index (χ3v) is 4.55. The second kappa shape index (κ2) is 6.18. The average Bonchev–Trinajstić information content (AvgIpc) is 2.94. The number of non-ortho nitro benzene ring substituents is 1. The van der Waals surface area contributed by atoms with E-state index in [0.717, 1.165) is 11.1 Å². The minimum Gasteiger partial charge on any atom is -0.311 e. The fraction of sp³-hybridized carbons (Fsp3) is 0.188. The standard InChI is InChI=1S/C16H12Cl2N2O3/c17-13-4-1-10(7-14(13)18)8-16(21)19-6-5-11-2-3-12(20(22)23)9-15(11)19/h1-4,7,9H,5-6,8H2. The van der Waals surface area contributed by atoms with Crippen molar-refractivity contribution in [1.82, 2.24) is 0 Å². The summed E-state index contributed by atoms with van der Waals surface area (Å²) in [5.74, 6) is -0.123. The Hall–Kier alpha value is -2.11. The highest BCUT2D eigenvalue weighted by molar-refractivity contribution is 6.42. The van der Waals surface area contributed by atoms with Gasteiger partial charge in [-0.05, 0) is 29.7 Å².